The predicted octanol–water partition coefficient (Wildman–Crippen LogP) is 5.43. The molecule has 0 aromatic carbocycles. The molecule has 2 aliphatic rings. The van der Waals surface area contributed by atoms with Crippen LogP contribution in [-0.2, 0) is 9.47 Å². The second kappa shape index (κ2) is 10.9. The molecule has 1 aromatic heterocycles. The third kappa shape index (κ3) is 5.91. The average molecular weight is 495 g/mol. The van der Waals surface area contributed by atoms with Gasteiger partial charge in [-0.3, -0.25) is 0 Å². The molecule has 0 radical (unpaired) electrons. The minimum Gasteiger partial charge on any atom is -0.471 e. The summed E-state index contributed by atoms with van der Waals surface area (Å²) in [6.07, 6.45) is 2.48. The topological polar surface area (TPSA) is 68.5 Å². The Morgan fingerprint density at radius 2 is 2.21 bits per heavy atom. The molecule has 2 unspecified atom stereocenters. The summed E-state index contributed by atoms with van der Waals surface area (Å²) in [6, 6.07) is 0.187. The van der Waals surface area contributed by atoms with Crippen molar-refractivity contribution in [3.8, 4) is 5.88 Å². The number of aromatic nitrogens is 1. The Hall–Kier alpha value is -2.04. The van der Waals surface area contributed by atoms with Crippen molar-refractivity contribution in [3.05, 3.63) is 42.0 Å². The molecule has 1 fully saturated rings. The van der Waals surface area contributed by atoms with E-state index in [2.05, 4.69) is 38.8 Å². The van der Waals surface area contributed by atoms with Crippen LogP contribution < -0.4 is 4.74 Å². The molecule has 3 rings (SSSR count). The first kappa shape index (κ1) is 25.6. The molecular formula is C23H31FN4O3S2. The van der Waals surface area contributed by atoms with Gasteiger partial charge >= 0.3 is 6.02 Å². The molecule has 33 heavy (non-hydrogen) atoms. The van der Waals surface area contributed by atoms with E-state index in [4.69, 9.17) is 14.2 Å². The zero-order valence-electron chi connectivity index (χ0n) is 19.8. The monoisotopic (exact) mass is 494 g/mol. The van der Waals surface area contributed by atoms with Crippen molar-refractivity contribution in [1.29, 1.82) is 0 Å². The van der Waals surface area contributed by atoms with Crippen molar-refractivity contribution in [1.82, 2.24) is 9.29 Å². The van der Waals surface area contributed by atoms with E-state index in [-0.39, 0.29) is 17.7 Å². The Bertz CT molecular complexity index is 985. The van der Waals surface area contributed by atoms with Gasteiger partial charge in [-0.15, -0.1) is 0 Å². The third-order valence-corrected chi connectivity index (χ3v) is 7.60. The summed E-state index contributed by atoms with van der Waals surface area (Å²) in [6.45, 7) is 16.7. The molecule has 2 atom stereocenters. The molecular weight excluding hydrogens is 463 g/mol. The van der Waals surface area contributed by atoms with Gasteiger partial charge in [0.2, 0.25) is 5.88 Å². The van der Waals surface area contributed by atoms with Gasteiger partial charge in [0.1, 0.15) is 12.7 Å². The summed E-state index contributed by atoms with van der Waals surface area (Å²) in [5, 5.41) is 0. The number of nitrogens with zero attached hydrogens (tertiary/aromatic N) is 4. The lowest BCUT2D eigenvalue weighted by molar-refractivity contribution is 0.0752. The molecule has 0 saturated carbocycles. The van der Waals surface area contributed by atoms with Gasteiger partial charge in [-0.1, -0.05) is 25.7 Å². The van der Waals surface area contributed by atoms with Gasteiger partial charge in [0.05, 0.1) is 34.5 Å². The maximum Gasteiger partial charge on any atom is 0.324 e. The Morgan fingerprint density at radius 3 is 2.85 bits per heavy atom. The normalized spacial score (nSPS) is 20.8. The first-order valence-corrected chi connectivity index (χ1v) is 12.4. The highest BCUT2D eigenvalue weighted by atomic mass is 32.2. The zero-order valence-corrected chi connectivity index (χ0v) is 21.4. The lowest BCUT2D eigenvalue weighted by Crippen LogP contribution is -2.55. The van der Waals surface area contributed by atoms with Crippen LogP contribution in [0.2, 0.25) is 0 Å². The van der Waals surface area contributed by atoms with E-state index >= 15 is 0 Å². The highest BCUT2D eigenvalue weighted by molar-refractivity contribution is 7.98. The van der Waals surface area contributed by atoms with Gasteiger partial charge in [-0.05, 0) is 39.1 Å². The van der Waals surface area contributed by atoms with Gasteiger partial charge in [-0.25, -0.2) is 9.37 Å². The Balaban J connectivity index is 1.76. The van der Waals surface area contributed by atoms with Crippen LogP contribution in [0.25, 0.3) is 0 Å². The molecule has 0 bridgehead atoms. The number of methoxy groups -OCH3 is 1. The van der Waals surface area contributed by atoms with E-state index in [1.807, 2.05) is 13.8 Å². The summed E-state index contributed by atoms with van der Waals surface area (Å²) in [7, 11) is 1.61. The van der Waals surface area contributed by atoms with Gasteiger partial charge in [-0.2, -0.15) is 9.39 Å². The second-order valence-electron chi connectivity index (χ2n) is 8.43. The molecule has 2 aliphatic heterocycles. The summed E-state index contributed by atoms with van der Waals surface area (Å²) in [5.41, 5.74) is 2.92. The van der Waals surface area contributed by atoms with E-state index in [1.54, 1.807) is 26.0 Å². The molecule has 7 nitrogen and oxygen atoms in total. The van der Waals surface area contributed by atoms with E-state index in [1.165, 1.54) is 0 Å². The number of pyridine rings is 1. The summed E-state index contributed by atoms with van der Waals surface area (Å²) in [5.74, 6) is 0.644. The first-order valence-electron chi connectivity index (χ1n) is 10.7. The zero-order chi connectivity index (χ0) is 24.2. The lowest BCUT2D eigenvalue weighted by atomic mass is 9.88. The first-order chi connectivity index (χ1) is 15.7. The van der Waals surface area contributed by atoms with Crippen molar-refractivity contribution in [3.63, 3.8) is 0 Å². The van der Waals surface area contributed by atoms with Crippen LogP contribution in [0, 0.1) is 5.82 Å². The summed E-state index contributed by atoms with van der Waals surface area (Å²) >= 11 is 2.65. The Labute approximate surface area is 203 Å². The van der Waals surface area contributed by atoms with E-state index < -0.39 is 5.82 Å². The van der Waals surface area contributed by atoms with Crippen molar-refractivity contribution in [2.75, 3.05) is 26.1 Å². The fourth-order valence-electron chi connectivity index (χ4n) is 3.52. The Morgan fingerprint density at radius 1 is 1.45 bits per heavy atom. The molecule has 0 N–H and O–H groups in total. The number of amidine groups is 1. The van der Waals surface area contributed by atoms with E-state index in [0.717, 1.165) is 48.0 Å². The average Bonchev–Trinajstić information content (AvgIpc) is 2.92. The predicted molar refractivity (Wildman–Crippen MR) is 134 cm³/mol. The number of rotatable bonds is 10. The molecule has 10 heteroatoms. The number of hydrogen-bond acceptors (Lipinski definition) is 9. The maximum atomic E-state index is 14.6. The van der Waals surface area contributed by atoms with Crippen LogP contribution in [0.1, 0.15) is 46.1 Å². The lowest BCUT2D eigenvalue weighted by Gasteiger charge is -2.52. The van der Waals surface area contributed by atoms with E-state index in [0.29, 0.717) is 35.3 Å². The maximum absolute atomic E-state index is 14.6. The number of hydrogen-bond donors (Lipinski definition) is 0. The SMILES string of the molecule is C=C(C)CSN1C(=C)CC1(C)COC1=NSc2c(F)cnc(OC(CC)COC)c2C(C)=N1. The number of aliphatic imine (C=N–C) groups is 1. The molecule has 0 aliphatic carbocycles. The number of ether oxygens (including phenoxy) is 3. The standard InChI is InChI=1S/C23H31FN4O3S2/c1-8-17(11-29-7)31-21-19-16(5)26-22(27-33-20(19)18(24)10-25-21)30-13-23(6)9-15(4)28(23)32-12-14(2)3/h10,17H,2,4,8-9,11-13H2,1,3,5-7H3. The summed E-state index contributed by atoms with van der Waals surface area (Å²) in [4.78, 5) is 9.01. The van der Waals surface area contributed by atoms with Crippen molar-refractivity contribution < 1.29 is 18.6 Å². The molecule has 1 saturated heterocycles. The van der Waals surface area contributed by atoms with Crippen LogP contribution >= 0.6 is 23.9 Å². The van der Waals surface area contributed by atoms with Crippen LogP contribution in [0.3, 0.4) is 0 Å². The minimum absolute atomic E-state index is 0.187. The van der Waals surface area contributed by atoms with Gasteiger partial charge in [0, 0.05) is 36.9 Å². The number of fused-ring (bicyclic) bond motifs is 1. The highest BCUT2D eigenvalue weighted by Crippen LogP contribution is 2.45. The fraction of sp³-hybridized carbons (Fsp3) is 0.522. The van der Waals surface area contributed by atoms with Gasteiger partial charge < -0.3 is 18.5 Å². The largest absolute Gasteiger partial charge is 0.471 e. The Kier molecular flexibility index (Phi) is 8.47. The molecule has 1 aromatic rings. The third-order valence-electron chi connectivity index (χ3n) is 5.19. The van der Waals surface area contributed by atoms with Gasteiger partial charge in [0.15, 0.2) is 5.82 Å². The van der Waals surface area contributed by atoms with Crippen LogP contribution in [-0.4, -0.2) is 58.7 Å². The van der Waals surface area contributed by atoms with Gasteiger partial charge in [0.25, 0.3) is 0 Å². The molecule has 0 spiro atoms. The highest BCUT2D eigenvalue weighted by Gasteiger charge is 2.44. The van der Waals surface area contributed by atoms with Crippen molar-refractivity contribution >= 4 is 35.6 Å². The smallest absolute Gasteiger partial charge is 0.324 e. The molecule has 3 heterocycles. The second-order valence-corrected chi connectivity index (χ2v) is 10.1. The van der Waals surface area contributed by atoms with Crippen LogP contribution in [0.5, 0.6) is 5.88 Å². The molecule has 180 valence electrons. The van der Waals surface area contributed by atoms with Crippen molar-refractivity contribution in [2.45, 2.75) is 57.1 Å². The van der Waals surface area contributed by atoms with Crippen LogP contribution in [0.4, 0.5) is 4.39 Å². The quantitative estimate of drug-likeness (QED) is 0.317. The fourth-order valence-corrected chi connectivity index (χ4v) is 5.27. The van der Waals surface area contributed by atoms with E-state index in [9.17, 15) is 4.39 Å². The number of halogens is 1. The minimum atomic E-state index is -0.480. The summed E-state index contributed by atoms with van der Waals surface area (Å²) < 4.78 is 38.4. The molecule has 0 amide bonds. The van der Waals surface area contributed by atoms with Crippen molar-refractivity contribution in [2.24, 2.45) is 9.39 Å². The van der Waals surface area contributed by atoms with Crippen LogP contribution in [0.15, 0.2) is 44.9 Å².